The molecule has 1 unspecified atom stereocenters. The van der Waals surface area contributed by atoms with Crippen LogP contribution in [0.2, 0.25) is 0 Å². The Balaban J connectivity index is 2.17. The summed E-state index contributed by atoms with van der Waals surface area (Å²) in [5.74, 6) is -1.22. The van der Waals surface area contributed by atoms with Crippen molar-refractivity contribution in [2.24, 2.45) is 5.92 Å². The zero-order valence-electron chi connectivity index (χ0n) is 14.9. The zero-order chi connectivity index (χ0) is 18.6. The van der Waals surface area contributed by atoms with E-state index in [1.54, 1.807) is 25.1 Å². The number of aryl methyl sites for hydroxylation is 2. The van der Waals surface area contributed by atoms with E-state index in [0.717, 1.165) is 11.1 Å². The monoisotopic (exact) mass is 342 g/mol. The molecule has 0 saturated heterocycles. The first-order valence-electron chi connectivity index (χ1n) is 8.23. The van der Waals surface area contributed by atoms with Crippen molar-refractivity contribution < 1.29 is 14.0 Å². The summed E-state index contributed by atoms with van der Waals surface area (Å²) in [7, 11) is 0. The number of carbonyl (C=O) groups is 2. The van der Waals surface area contributed by atoms with Gasteiger partial charge in [-0.1, -0.05) is 38.1 Å². The highest BCUT2D eigenvalue weighted by Gasteiger charge is 2.25. The first-order chi connectivity index (χ1) is 11.8. The van der Waals surface area contributed by atoms with Crippen LogP contribution in [0.25, 0.3) is 0 Å². The second-order valence-electron chi connectivity index (χ2n) is 6.46. The second kappa shape index (κ2) is 7.92. The van der Waals surface area contributed by atoms with Crippen molar-refractivity contribution in [1.29, 1.82) is 0 Å². The van der Waals surface area contributed by atoms with Gasteiger partial charge in [-0.05, 0) is 49.1 Å². The molecule has 132 valence electrons. The molecule has 1 atom stereocenters. The predicted molar refractivity (Wildman–Crippen MR) is 97.0 cm³/mol. The number of halogens is 1. The molecule has 0 aliphatic carbocycles. The third-order valence-corrected chi connectivity index (χ3v) is 4.08. The van der Waals surface area contributed by atoms with Crippen molar-refractivity contribution >= 4 is 17.5 Å². The van der Waals surface area contributed by atoms with Gasteiger partial charge >= 0.3 is 0 Å². The summed E-state index contributed by atoms with van der Waals surface area (Å²) < 4.78 is 13.4. The maximum Gasteiger partial charge on any atom is 0.252 e. The smallest absolute Gasteiger partial charge is 0.252 e. The van der Waals surface area contributed by atoms with Gasteiger partial charge in [0.1, 0.15) is 11.9 Å². The first-order valence-corrected chi connectivity index (χ1v) is 8.23. The van der Waals surface area contributed by atoms with Gasteiger partial charge in [-0.25, -0.2) is 4.39 Å². The first kappa shape index (κ1) is 18.6. The molecule has 0 aliphatic heterocycles. The summed E-state index contributed by atoms with van der Waals surface area (Å²) in [6, 6.07) is 10.7. The van der Waals surface area contributed by atoms with Crippen LogP contribution in [0.3, 0.4) is 0 Å². The third kappa shape index (κ3) is 4.66. The molecule has 2 aromatic carbocycles. The summed E-state index contributed by atoms with van der Waals surface area (Å²) >= 11 is 0. The Morgan fingerprint density at radius 1 is 1.00 bits per heavy atom. The molecule has 0 fully saturated rings. The van der Waals surface area contributed by atoms with Crippen LogP contribution in [0.15, 0.2) is 42.5 Å². The summed E-state index contributed by atoms with van der Waals surface area (Å²) in [4.78, 5) is 25.1. The average Bonchev–Trinajstić information content (AvgIpc) is 2.55. The number of hydrogen-bond donors (Lipinski definition) is 2. The molecule has 0 spiro atoms. The van der Waals surface area contributed by atoms with Crippen molar-refractivity contribution in [2.45, 2.75) is 33.7 Å². The van der Waals surface area contributed by atoms with Crippen molar-refractivity contribution in [3.8, 4) is 0 Å². The van der Waals surface area contributed by atoms with E-state index in [0.29, 0.717) is 11.3 Å². The lowest BCUT2D eigenvalue weighted by atomic mass is 10.0. The summed E-state index contributed by atoms with van der Waals surface area (Å²) in [6.07, 6.45) is 0. The lowest BCUT2D eigenvalue weighted by Gasteiger charge is -2.22. The van der Waals surface area contributed by atoms with Crippen LogP contribution in [0, 0.1) is 25.6 Å². The highest BCUT2D eigenvalue weighted by atomic mass is 19.1. The molecule has 2 N–H and O–H groups in total. The average molecular weight is 342 g/mol. The fourth-order valence-corrected chi connectivity index (χ4v) is 2.52. The van der Waals surface area contributed by atoms with Crippen LogP contribution < -0.4 is 10.6 Å². The Morgan fingerprint density at radius 3 is 2.32 bits per heavy atom. The lowest BCUT2D eigenvalue weighted by Crippen LogP contribution is -2.47. The van der Waals surface area contributed by atoms with Gasteiger partial charge in [0.25, 0.3) is 5.91 Å². The van der Waals surface area contributed by atoms with Gasteiger partial charge in [0.15, 0.2) is 0 Å². The number of anilines is 1. The third-order valence-electron chi connectivity index (χ3n) is 4.08. The van der Waals surface area contributed by atoms with Crippen LogP contribution >= 0.6 is 0 Å². The quantitative estimate of drug-likeness (QED) is 0.867. The van der Waals surface area contributed by atoms with Gasteiger partial charge in [0.05, 0.1) is 0 Å². The van der Waals surface area contributed by atoms with E-state index in [9.17, 15) is 14.0 Å². The van der Waals surface area contributed by atoms with Crippen molar-refractivity contribution in [2.75, 3.05) is 5.32 Å². The van der Waals surface area contributed by atoms with Gasteiger partial charge in [-0.2, -0.15) is 0 Å². The standard InChI is InChI=1S/C20H23FN2O2/c1-12(2)18(23-19(24)16-8-6-5-7-13(16)3)20(25)22-17-11-15(21)10-9-14(17)4/h5-12,18H,1-4H3,(H,22,25)(H,23,24). The second-order valence-corrected chi connectivity index (χ2v) is 6.46. The maximum absolute atomic E-state index is 13.4. The molecular formula is C20H23FN2O2. The van der Waals surface area contributed by atoms with Gasteiger partial charge < -0.3 is 10.6 Å². The summed E-state index contributed by atoms with van der Waals surface area (Å²) in [6.45, 7) is 7.32. The minimum atomic E-state index is -0.727. The van der Waals surface area contributed by atoms with Gasteiger partial charge in [-0.15, -0.1) is 0 Å². The molecule has 2 aromatic rings. The van der Waals surface area contributed by atoms with E-state index >= 15 is 0 Å². The normalized spacial score (nSPS) is 11.9. The lowest BCUT2D eigenvalue weighted by molar-refractivity contribution is -0.118. The molecule has 0 heterocycles. The number of nitrogens with one attached hydrogen (secondary N) is 2. The maximum atomic E-state index is 13.4. The van der Waals surface area contributed by atoms with Crippen LogP contribution in [0.1, 0.15) is 35.3 Å². The van der Waals surface area contributed by atoms with Crippen molar-refractivity contribution in [3.05, 3.63) is 65.0 Å². The van der Waals surface area contributed by atoms with E-state index in [1.807, 2.05) is 32.9 Å². The van der Waals surface area contributed by atoms with Crippen LogP contribution in [0.5, 0.6) is 0 Å². The van der Waals surface area contributed by atoms with E-state index < -0.39 is 11.9 Å². The van der Waals surface area contributed by atoms with Crippen LogP contribution in [0.4, 0.5) is 10.1 Å². The van der Waals surface area contributed by atoms with E-state index in [-0.39, 0.29) is 17.7 Å². The Kier molecular flexibility index (Phi) is 5.91. The largest absolute Gasteiger partial charge is 0.340 e. The van der Waals surface area contributed by atoms with E-state index in [4.69, 9.17) is 0 Å². The molecule has 2 amide bonds. The Hall–Kier alpha value is -2.69. The SMILES string of the molecule is Cc1ccc(F)cc1NC(=O)C(NC(=O)c1ccccc1C)C(C)C. The Labute approximate surface area is 147 Å². The topological polar surface area (TPSA) is 58.2 Å². The van der Waals surface area contributed by atoms with Gasteiger partial charge in [-0.3, -0.25) is 9.59 Å². The minimum absolute atomic E-state index is 0.123. The number of hydrogen-bond acceptors (Lipinski definition) is 2. The van der Waals surface area contributed by atoms with E-state index in [1.165, 1.54) is 12.1 Å². The fraction of sp³-hybridized carbons (Fsp3) is 0.300. The highest BCUT2D eigenvalue weighted by Crippen LogP contribution is 2.17. The number of benzene rings is 2. The minimum Gasteiger partial charge on any atom is -0.340 e. The summed E-state index contributed by atoms with van der Waals surface area (Å²) in [5.41, 5.74) is 2.52. The van der Waals surface area contributed by atoms with E-state index in [2.05, 4.69) is 10.6 Å². The molecule has 25 heavy (non-hydrogen) atoms. The number of amides is 2. The fourth-order valence-electron chi connectivity index (χ4n) is 2.52. The van der Waals surface area contributed by atoms with Crippen molar-refractivity contribution in [1.82, 2.24) is 5.32 Å². The molecule has 0 aromatic heterocycles. The molecule has 4 nitrogen and oxygen atoms in total. The molecule has 0 aliphatic rings. The van der Waals surface area contributed by atoms with Gasteiger partial charge in [0, 0.05) is 11.3 Å². The number of rotatable bonds is 5. The van der Waals surface area contributed by atoms with Crippen molar-refractivity contribution in [3.63, 3.8) is 0 Å². The molecule has 5 heteroatoms. The van der Waals surface area contributed by atoms with Crippen LogP contribution in [-0.2, 0) is 4.79 Å². The predicted octanol–water partition coefficient (Wildman–Crippen LogP) is 3.84. The number of carbonyl (C=O) groups excluding carboxylic acids is 2. The van der Waals surface area contributed by atoms with Crippen LogP contribution in [-0.4, -0.2) is 17.9 Å². The molecule has 0 saturated carbocycles. The molecular weight excluding hydrogens is 319 g/mol. The summed E-state index contributed by atoms with van der Waals surface area (Å²) in [5, 5.41) is 5.49. The zero-order valence-corrected chi connectivity index (χ0v) is 14.9. The molecule has 0 radical (unpaired) electrons. The Bertz CT molecular complexity index is 787. The Morgan fingerprint density at radius 2 is 1.68 bits per heavy atom. The molecule has 2 rings (SSSR count). The molecule has 0 bridgehead atoms. The highest BCUT2D eigenvalue weighted by molar-refractivity contribution is 6.02. The van der Waals surface area contributed by atoms with Gasteiger partial charge in [0.2, 0.25) is 5.91 Å².